The number of hydrogen-bond donors (Lipinski definition) is 1. The van der Waals surface area contributed by atoms with Crippen molar-refractivity contribution in [3.8, 4) is 0 Å². The van der Waals surface area contributed by atoms with Gasteiger partial charge in [0.05, 0.1) is 23.9 Å². The van der Waals surface area contributed by atoms with Crippen molar-refractivity contribution in [2.24, 2.45) is 11.1 Å². The number of nitrogens with zero attached hydrogens (tertiary/aromatic N) is 2. The number of carbonyl (C=O) groups excluding carboxylic acids is 1. The summed E-state index contributed by atoms with van der Waals surface area (Å²) in [6, 6.07) is 0. The fourth-order valence-corrected chi connectivity index (χ4v) is 4.58. The summed E-state index contributed by atoms with van der Waals surface area (Å²) in [5.74, 6) is 0.0157. The number of rotatable bonds is 7. The van der Waals surface area contributed by atoms with E-state index >= 15 is 0 Å². The van der Waals surface area contributed by atoms with Gasteiger partial charge in [-0.25, -0.2) is 8.42 Å². The molecule has 2 N–H and O–H groups in total. The minimum Gasteiger partial charge on any atom is -0.381 e. The van der Waals surface area contributed by atoms with Crippen LogP contribution in [0.4, 0.5) is 0 Å². The molecule has 0 aromatic heterocycles. The fourth-order valence-electron chi connectivity index (χ4n) is 3.29. The number of hydrogen-bond acceptors (Lipinski definition) is 6. The molecule has 8 nitrogen and oxygen atoms in total. The normalized spacial score (nSPS) is 21.5. The van der Waals surface area contributed by atoms with Crippen LogP contribution < -0.4 is 5.73 Å². The van der Waals surface area contributed by atoms with E-state index in [1.165, 1.54) is 4.31 Å². The topological polar surface area (TPSA) is 102 Å². The predicted octanol–water partition coefficient (Wildman–Crippen LogP) is 0.0627. The van der Waals surface area contributed by atoms with Crippen molar-refractivity contribution in [3.05, 3.63) is 0 Å². The van der Waals surface area contributed by atoms with Gasteiger partial charge in [0.15, 0.2) is 0 Å². The average molecular weight is 414 g/mol. The fraction of sp³-hybridized carbons (Fsp3) is 0.938. The van der Waals surface area contributed by atoms with E-state index in [0.717, 1.165) is 0 Å². The molecule has 0 atom stereocenters. The molecular weight excluding hydrogens is 382 g/mol. The summed E-state index contributed by atoms with van der Waals surface area (Å²) in [6.45, 7) is 6.81. The number of piperazine rings is 1. The Balaban J connectivity index is 0.00000338. The Morgan fingerprint density at radius 1 is 1.19 bits per heavy atom. The van der Waals surface area contributed by atoms with Gasteiger partial charge in [0, 0.05) is 45.9 Å². The van der Waals surface area contributed by atoms with Crippen molar-refractivity contribution in [2.75, 3.05) is 58.3 Å². The first kappa shape index (κ1) is 23.6. The van der Waals surface area contributed by atoms with Gasteiger partial charge < -0.3 is 20.1 Å². The highest BCUT2D eigenvalue weighted by molar-refractivity contribution is 7.89. The molecule has 0 bridgehead atoms. The van der Waals surface area contributed by atoms with E-state index in [1.807, 2.05) is 13.8 Å². The van der Waals surface area contributed by atoms with E-state index in [0.29, 0.717) is 58.8 Å². The maximum atomic E-state index is 12.9. The molecule has 2 heterocycles. The van der Waals surface area contributed by atoms with Gasteiger partial charge in [-0.05, 0) is 26.7 Å². The molecule has 0 aromatic carbocycles. The van der Waals surface area contributed by atoms with Gasteiger partial charge in [0.2, 0.25) is 15.9 Å². The van der Waals surface area contributed by atoms with Gasteiger partial charge >= 0.3 is 0 Å². The van der Waals surface area contributed by atoms with Crippen LogP contribution in [0.1, 0.15) is 26.7 Å². The van der Waals surface area contributed by atoms with E-state index in [2.05, 4.69) is 0 Å². The second kappa shape index (κ2) is 10.2. The van der Waals surface area contributed by atoms with Crippen molar-refractivity contribution in [1.29, 1.82) is 0 Å². The Bertz CT molecular complexity index is 544. The number of ether oxygens (including phenoxy) is 2. The lowest BCUT2D eigenvalue weighted by molar-refractivity contribution is -0.148. The Kier molecular flexibility index (Phi) is 9.25. The number of halogens is 1. The smallest absolute Gasteiger partial charge is 0.230 e. The molecule has 2 fully saturated rings. The summed E-state index contributed by atoms with van der Waals surface area (Å²) in [7, 11) is -3.35. The molecule has 0 radical (unpaired) electrons. The number of nitrogens with two attached hydrogens (primary N) is 1. The largest absolute Gasteiger partial charge is 0.381 e. The lowest BCUT2D eigenvalue weighted by Gasteiger charge is -2.42. The quantitative estimate of drug-likeness (QED) is 0.633. The summed E-state index contributed by atoms with van der Waals surface area (Å²) in [4.78, 5) is 14.7. The highest BCUT2D eigenvalue weighted by Gasteiger charge is 2.42. The third-order valence-corrected chi connectivity index (χ3v) is 6.84. The van der Waals surface area contributed by atoms with Crippen molar-refractivity contribution < 1.29 is 22.7 Å². The number of carbonyl (C=O) groups is 1. The van der Waals surface area contributed by atoms with Crippen LogP contribution in [-0.2, 0) is 24.3 Å². The van der Waals surface area contributed by atoms with Crippen LogP contribution in [-0.4, -0.2) is 87.9 Å². The molecule has 2 saturated heterocycles. The molecule has 0 aliphatic carbocycles. The first-order valence-electron chi connectivity index (χ1n) is 8.97. The van der Waals surface area contributed by atoms with Crippen molar-refractivity contribution in [1.82, 2.24) is 9.21 Å². The van der Waals surface area contributed by atoms with Gasteiger partial charge in [-0.2, -0.15) is 4.31 Å². The zero-order valence-electron chi connectivity index (χ0n) is 15.7. The minimum atomic E-state index is -3.35. The van der Waals surface area contributed by atoms with Gasteiger partial charge in [0.25, 0.3) is 0 Å². The van der Waals surface area contributed by atoms with Crippen molar-refractivity contribution >= 4 is 28.3 Å². The van der Waals surface area contributed by atoms with E-state index < -0.39 is 15.4 Å². The third-order valence-electron chi connectivity index (χ3n) is 5.01. The zero-order valence-corrected chi connectivity index (χ0v) is 17.3. The summed E-state index contributed by atoms with van der Waals surface area (Å²) in [5.41, 5.74) is 5.35. The van der Waals surface area contributed by atoms with Gasteiger partial charge in [-0.1, -0.05) is 0 Å². The molecule has 0 saturated carbocycles. The minimum absolute atomic E-state index is 0. The van der Waals surface area contributed by atoms with Crippen LogP contribution in [0.2, 0.25) is 0 Å². The van der Waals surface area contributed by atoms with Crippen LogP contribution in [0.3, 0.4) is 0 Å². The van der Waals surface area contributed by atoms with Gasteiger partial charge in [0.1, 0.15) is 0 Å². The molecule has 1 amide bonds. The van der Waals surface area contributed by atoms with Crippen molar-refractivity contribution in [2.45, 2.75) is 32.8 Å². The zero-order chi connectivity index (χ0) is 18.5. The third kappa shape index (κ3) is 5.77. The highest BCUT2D eigenvalue weighted by atomic mass is 35.5. The van der Waals surface area contributed by atoms with Crippen molar-refractivity contribution in [3.63, 3.8) is 0 Å². The summed E-state index contributed by atoms with van der Waals surface area (Å²) in [5, 5.41) is 0. The average Bonchev–Trinajstić information content (AvgIpc) is 2.61. The highest BCUT2D eigenvalue weighted by Crippen LogP contribution is 2.32. The number of sulfonamides is 1. The lowest BCUT2D eigenvalue weighted by Crippen LogP contribution is -2.57. The number of amides is 1. The van der Waals surface area contributed by atoms with Crippen LogP contribution in [0.25, 0.3) is 0 Å². The van der Waals surface area contributed by atoms with E-state index in [-0.39, 0.29) is 36.8 Å². The molecule has 2 aliphatic rings. The van der Waals surface area contributed by atoms with Gasteiger partial charge in [-0.15, -0.1) is 12.4 Å². The molecule has 0 aromatic rings. The van der Waals surface area contributed by atoms with E-state index in [9.17, 15) is 13.2 Å². The lowest BCUT2D eigenvalue weighted by atomic mass is 9.78. The SMILES string of the molecule is CC(C)OCCS(=O)(=O)N1CCN(C(=O)C2(CN)CCOCC2)CC1.Cl. The first-order chi connectivity index (χ1) is 11.8. The van der Waals surface area contributed by atoms with Gasteiger partial charge in [-0.3, -0.25) is 4.79 Å². The van der Waals surface area contributed by atoms with Crippen LogP contribution in [0.5, 0.6) is 0 Å². The second-order valence-corrected chi connectivity index (χ2v) is 9.11. The maximum Gasteiger partial charge on any atom is 0.230 e. The molecular formula is C16H32ClN3O5S. The predicted molar refractivity (Wildman–Crippen MR) is 102 cm³/mol. The van der Waals surface area contributed by atoms with E-state index in [1.54, 1.807) is 4.90 Å². The summed E-state index contributed by atoms with van der Waals surface area (Å²) in [6.07, 6.45) is 1.28. The molecule has 0 spiro atoms. The Morgan fingerprint density at radius 2 is 1.77 bits per heavy atom. The maximum absolute atomic E-state index is 12.9. The van der Waals surface area contributed by atoms with Crippen LogP contribution >= 0.6 is 12.4 Å². The first-order valence-corrected chi connectivity index (χ1v) is 10.6. The Hall–Kier alpha value is -0.450. The second-order valence-electron chi connectivity index (χ2n) is 7.02. The summed E-state index contributed by atoms with van der Waals surface area (Å²) < 4.78 is 36.9. The molecule has 10 heteroatoms. The molecule has 2 rings (SSSR count). The Morgan fingerprint density at radius 3 is 2.27 bits per heavy atom. The molecule has 154 valence electrons. The molecule has 26 heavy (non-hydrogen) atoms. The standard InChI is InChI=1S/C16H31N3O5S.ClH/c1-14(2)24-11-12-25(21,22)19-7-5-18(6-8-19)15(20)16(13-17)3-9-23-10-4-16;/h14H,3-13,17H2,1-2H3;1H. The Labute approximate surface area is 162 Å². The molecule has 2 aliphatic heterocycles. The van der Waals surface area contributed by atoms with Crippen LogP contribution in [0, 0.1) is 5.41 Å². The summed E-state index contributed by atoms with van der Waals surface area (Å²) >= 11 is 0. The van der Waals surface area contributed by atoms with E-state index in [4.69, 9.17) is 15.2 Å². The monoisotopic (exact) mass is 413 g/mol. The molecule has 0 unspecified atom stereocenters. The van der Waals surface area contributed by atoms with Crippen LogP contribution in [0.15, 0.2) is 0 Å².